The number of rotatable bonds is 5. The Bertz CT molecular complexity index is 1200. The van der Waals surface area contributed by atoms with Gasteiger partial charge >= 0.3 is 11.6 Å². The lowest BCUT2D eigenvalue weighted by atomic mass is 10.2. The number of nitrogens with one attached hydrogen (secondary N) is 1. The van der Waals surface area contributed by atoms with Crippen molar-refractivity contribution in [2.24, 2.45) is 0 Å². The molecule has 0 radical (unpaired) electrons. The minimum absolute atomic E-state index is 0.329. The Morgan fingerprint density at radius 3 is 2.71 bits per heavy atom. The first-order chi connectivity index (χ1) is 13.6. The Balaban J connectivity index is 1.56. The third-order valence-corrected chi connectivity index (χ3v) is 4.82. The quantitative estimate of drug-likeness (QED) is 0.400. The van der Waals surface area contributed by atoms with Crippen molar-refractivity contribution in [1.29, 1.82) is 0 Å². The van der Waals surface area contributed by atoms with Crippen molar-refractivity contribution in [2.45, 2.75) is 6.92 Å². The fourth-order valence-electron chi connectivity index (χ4n) is 2.62. The maximum absolute atomic E-state index is 12.3. The van der Waals surface area contributed by atoms with Crippen LogP contribution in [0.15, 0.2) is 63.8 Å². The number of benzene rings is 2. The summed E-state index contributed by atoms with van der Waals surface area (Å²) in [6, 6.07) is 15.9. The lowest BCUT2D eigenvalue weighted by Crippen LogP contribution is -2.04. The monoisotopic (exact) mass is 393 g/mol. The predicted octanol–water partition coefficient (Wildman–Crippen LogP) is 4.23. The van der Waals surface area contributed by atoms with Gasteiger partial charge in [-0.15, -0.1) is 10.2 Å². The highest BCUT2D eigenvalue weighted by Gasteiger charge is 2.13. The van der Waals surface area contributed by atoms with E-state index < -0.39 is 5.63 Å². The molecule has 0 aliphatic rings. The van der Waals surface area contributed by atoms with Crippen molar-refractivity contribution in [1.82, 2.24) is 10.2 Å². The van der Waals surface area contributed by atoms with Crippen LogP contribution in [0.4, 0.5) is 10.8 Å². The van der Waals surface area contributed by atoms with Gasteiger partial charge in [0.05, 0.1) is 17.7 Å². The third-order valence-electron chi connectivity index (χ3n) is 3.94. The maximum Gasteiger partial charge on any atom is 0.346 e. The molecule has 0 saturated carbocycles. The summed E-state index contributed by atoms with van der Waals surface area (Å²) in [6.07, 6.45) is 0. The topological polar surface area (TPSA) is 94.3 Å². The van der Waals surface area contributed by atoms with Gasteiger partial charge in [-0.2, -0.15) is 0 Å². The van der Waals surface area contributed by atoms with Gasteiger partial charge in [0.25, 0.3) is 0 Å². The summed E-state index contributed by atoms with van der Waals surface area (Å²) >= 11 is 1.24. The number of carbonyl (C=O) groups excluding carboxylic acids is 1. The number of esters is 1. The fraction of sp³-hybridized carbons (Fsp3) is 0.100. The van der Waals surface area contributed by atoms with Crippen molar-refractivity contribution in [3.8, 4) is 10.6 Å². The normalized spacial score (nSPS) is 10.8. The molecule has 7 nitrogen and oxygen atoms in total. The van der Waals surface area contributed by atoms with E-state index in [4.69, 9.17) is 9.15 Å². The van der Waals surface area contributed by atoms with Gasteiger partial charge in [0.15, 0.2) is 5.01 Å². The highest BCUT2D eigenvalue weighted by molar-refractivity contribution is 7.18. The number of aromatic nitrogens is 2. The van der Waals surface area contributed by atoms with Crippen molar-refractivity contribution in [2.75, 3.05) is 11.9 Å². The van der Waals surface area contributed by atoms with Gasteiger partial charge < -0.3 is 14.5 Å². The van der Waals surface area contributed by atoms with E-state index in [1.807, 2.05) is 18.2 Å². The number of fused-ring (bicyclic) bond motifs is 1. The Labute approximate surface area is 163 Å². The van der Waals surface area contributed by atoms with Crippen LogP contribution in [0.3, 0.4) is 0 Å². The van der Waals surface area contributed by atoms with Crippen LogP contribution >= 0.6 is 11.3 Å². The molecular weight excluding hydrogens is 378 g/mol. The summed E-state index contributed by atoms with van der Waals surface area (Å²) in [6.45, 7) is 2.09. The minimum atomic E-state index is -0.458. The molecule has 0 bridgehead atoms. The number of hydrogen-bond donors (Lipinski definition) is 1. The largest absolute Gasteiger partial charge is 0.462 e. The Hall–Kier alpha value is -3.52. The molecule has 0 fully saturated rings. The summed E-state index contributed by atoms with van der Waals surface area (Å²) in [7, 11) is 0. The van der Waals surface area contributed by atoms with Crippen LogP contribution in [0.25, 0.3) is 21.5 Å². The van der Waals surface area contributed by atoms with Crippen LogP contribution in [-0.2, 0) is 4.74 Å². The van der Waals surface area contributed by atoms with Crippen LogP contribution in [0, 0.1) is 0 Å². The van der Waals surface area contributed by atoms with Gasteiger partial charge in [0.2, 0.25) is 5.13 Å². The second-order valence-electron chi connectivity index (χ2n) is 5.82. The summed E-state index contributed by atoms with van der Waals surface area (Å²) < 4.78 is 10.3. The Kier molecular flexibility index (Phi) is 4.86. The SMILES string of the molecule is CCOC(=O)c1ccc(Nc2nnc(-c3cc4ccccc4oc3=O)s2)cc1. The number of hydrogen-bond acceptors (Lipinski definition) is 8. The van der Waals surface area contributed by atoms with Gasteiger partial charge in [0, 0.05) is 11.1 Å². The molecular formula is C20H15N3O4S. The molecule has 2 heterocycles. The van der Waals surface area contributed by atoms with Crippen molar-refractivity contribution < 1.29 is 13.9 Å². The highest BCUT2D eigenvalue weighted by atomic mass is 32.1. The molecule has 28 heavy (non-hydrogen) atoms. The van der Waals surface area contributed by atoms with E-state index in [2.05, 4.69) is 15.5 Å². The van der Waals surface area contributed by atoms with E-state index in [-0.39, 0.29) is 5.97 Å². The van der Waals surface area contributed by atoms with Gasteiger partial charge in [-0.25, -0.2) is 9.59 Å². The zero-order valence-electron chi connectivity index (χ0n) is 14.8. The molecule has 0 amide bonds. The van der Waals surface area contributed by atoms with E-state index in [0.717, 1.165) is 11.1 Å². The fourth-order valence-corrected chi connectivity index (χ4v) is 3.39. The minimum Gasteiger partial charge on any atom is -0.462 e. The third kappa shape index (κ3) is 3.63. The van der Waals surface area contributed by atoms with Crippen LogP contribution in [-0.4, -0.2) is 22.8 Å². The van der Waals surface area contributed by atoms with E-state index in [1.165, 1.54) is 11.3 Å². The van der Waals surface area contributed by atoms with Crippen molar-refractivity contribution in [3.05, 3.63) is 70.6 Å². The summed E-state index contributed by atoms with van der Waals surface area (Å²) in [5.74, 6) is -0.365. The predicted molar refractivity (Wildman–Crippen MR) is 107 cm³/mol. The number of ether oxygens (including phenoxy) is 1. The number of para-hydroxylation sites is 1. The highest BCUT2D eigenvalue weighted by Crippen LogP contribution is 2.28. The van der Waals surface area contributed by atoms with Gasteiger partial charge in [-0.3, -0.25) is 0 Å². The van der Waals surface area contributed by atoms with E-state index in [0.29, 0.717) is 33.5 Å². The van der Waals surface area contributed by atoms with Crippen LogP contribution in [0.1, 0.15) is 17.3 Å². The molecule has 0 aliphatic carbocycles. The van der Waals surface area contributed by atoms with Gasteiger partial charge in [-0.1, -0.05) is 29.5 Å². The smallest absolute Gasteiger partial charge is 0.346 e. The number of carbonyl (C=O) groups is 1. The molecule has 2 aromatic carbocycles. The molecule has 0 spiro atoms. The first-order valence-corrected chi connectivity index (χ1v) is 9.36. The molecule has 1 N–H and O–H groups in total. The average Bonchev–Trinajstić information content (AvgIpc) is 3.16. The van der Waals surface area contributed by atoms with E-state index in [1.54, 1.807) is 43.3 Å². The number of anilines is 2. The zero-order valence-corrected chi connectivity index (χ0v) is 15.7. The van der Waals surface area contributed by atoms with Gasteiger partial charge in [0.1, 0.15) is 5.58 Å². The number of nitrogens with zero attached hydrogens (tertiary/aromatic N) is 2. The Morgan fingerprint density at radius 2 is 1.93 bits per heavy atom. The first-order valence-electron chi connectivity index (χ1n) is 8.55. The molecule has 4 aromatic rings. The van der Waals surface area contributed by atoms with Crippen LogP contribution in [0.5, 0.6) is 0 Å². The standard InChI is InChI=1S/C20H15N3O4S/c1-2-26-18(24)12-7-9-14(10-8-12)21-20-23-22-17(28-20)15-11-13-5-3-4-6-16(13)27-19(15)25/h3-11H,2H2,1H3,(H,21,23). The second kappa shape index (κ2) is 7.61. The average molecular weight is 393 g/mol. The molecule has 140 valence electrons. The summed E-state index contributed by atoms with van der Waals surface area (Å²) in [5.41, 5.74) is 1.64. The van der Waals surface area contributed by atoms with Crippen LogP contribution in [0.2, 0.25) is 0 Å². The lowest BCUT2D eigenvalue weighted by Gasteiger charge is -2.04. The zero-order chi connectivity index (χ0) is 19.5. The molecule has 4 rings (SSSR count). The Morgan fingerprint density at radius 1 is 1.14 bits per heavy atom. The van der Waals surface area contributed by atoms with Gasteiger partial charge in [-0.05, 0) is 43.3 Å². The summed E-state index contributed by atoms with van der Waals surface area (Å²) in [5, 5.41) is 13.1. The summed E-state index contributed by atoms with van der Waals surface area (Å²) in [4.78, 5) is 24.0. The molecule has 2 aromatic heterocycles. The maximum atomic E-state index is 12.3. The molecule has 0 unspecified atom stereocenters. The van der Waals surface area contributed by atoms with Crippen LogP contribution < -0.4 is 10.9 Å². The van der Waals surface area contributed by atoms with E-state index >= 15 is 0 Å². The molecule has 0 saturated heterocycles. The van der Waals surface area contributed by atoms with Crippen molar-refractivity contribution >= 4 is 39.1 Å². The van der Waals surface area contributed by atoms with Crippen molar-refractivity contribution in [3.63, 3.8) is 0 Å². The molecule has 0 atom stereocenters. The van der Waals surface area contributed by atoms with E-state index in [9.17, 15) is 9.59 Å². The lowest BCUT2D eigenvalue weighted by molar-refractivity contribution is 0.0526. The first kappa shape index (κ1) is 17.9. The molecule has 0 aliphatic heterocycles. The molecule has 8 heteroatoms. The second-order valence-corrected chi connectivity index (χ2v) is 6.80.